The molecule has 1 aromatic carbocycles. The minimum atomic E-state index is -4.65. The number of rotatable bonds is 3. The zero-order valence-electron chi connectivity index (χ0n) is 13.3. The lowest BCUT2D eigenvalue weighted by Crippen LogP contribution is -2.40. The van der Waals surface area contributed by atoms with Crippen LogP contribution in [-0.4, -0.2) is 41.3 Å². The van der Waals surface area contributed by atoms with Gasteiger partial charge in [-0.25, -0.2) is 4.79 Å². The summed E-state index contributed by atoms with van der Waals surface area (Å²) in [5.74, 6) is -5.22. The molecule has 1 aliphatic rings. The molecule has 3 atom stereocenters. The number of carboxylic acid groups (broad SMARTS) is 1. The quantitative estimate of drug-likeness (QED) is 0.886. The Kier molecular flexibility index (Phi) is 5.05. The SMILES string of the molecule is Cc1ccccc1C(C)NC(=O)N1C[C@@H](C(F)(F)F)[C@H](C(=O)O)C1. The maximum absolute atomic E-state index is 13.0. The van der Waals surface area contributed by atoms with Crippen LogP contribution in [0.15, 0.2) is 24.3 Å². The van der Waals surface area contributed by atoms with Crippen molar-refractivity contribution in [1.29, 1.82) is 0 Å². The smallest absolute Gasteiger partial charge is 0.394 e. The summed E-state index contributed by atoms with van der Waals surface area (Å²) < 4.78 is 38.9. The highest BCUT2D eigenvalue weighted by Gasteiger charge is 2.53. The van der Waals surface area contributed by atoms with Crippen LogP contribution in [0, 0.1) is 18.8 Å². The van der Waals surface area contributed by atoms with Gasteiger partial charge in [-0.2, -0.15) is 13.2 Å². The highest BCUT2D eigenvalue weighted by molar-refractivity contribution is 5.78. The van der Waals surface area contributed by atoms with Crippen molar-refractivity contribution >= 4 is 12.0 Å². The van der Waals surface area contributed by atoms with E-state index in [0.717, 1.165) is 16.0 Å². The monoisotopic (exact) mass is 344 g/mol. The summed E-state index contributed by atoms with van der Waals surface area (Å²) in [7, 11) is 0. The molecule has 0 bridgehead atoms. The number of nitrogens with zero attached hydrogens (tertiary/aromatic N) is 1. The van der Waals surface area contributed by atoms with Crippen molar-refractivity contribution in [1.82, 2.24) is 10.2 Å². The Morgan fingerprint density at radius 3 is 2.42 bits per heavy atom. The van der Waals surface area contributed by atoms with Crippen molar-refractivity contribution in [3.8, 4) is 0 Å². The fourth-order valence-corrected chi connectivity index (χ4v) is 2.98. The van der Waals surface area contributed by atoms with Crippen LogP contribution < -0.4 is 5.32 Å². The van der Waals surface area contributed by atoms with Gasteiger partial charge in [0.15, 0.2) is 0 Å². The molecule has 1 saturated heterocycles. The maximum atomic E-state index is 13.0. The van der Waals surface area contributed by atoms with E-state index in [1.54, 1.807) is 13.0 Å². The Bertz CT molecular complexity index is 633. The Labute approximate surface area is 137 Å². The van der Waals surface area contributed by atoms with Gasteiger partial charge >= 0.3 is 18.2 Å². The van der Waals surface area contributed by atoms with E-state index in [4.69, 9.17) is 5.11 Å². The van der Waals surface area contributed by atoms with Crippen molar-refractivity contribution in [2.75, 3.05) is 13.1 Å². The second-order valence-corrected chi connectivity index (χ2v) is 6.03. The first-order valence-electron chi connectivity index (χ1n) is 7.51. The number of nitrogens with one attached hydrogen (secondary N) is 1. The number of hydrogen-bond donors (Lipinski definition) is 2. The number of benzene rings is 1. The van der Waals surface area contributed by atoms with E-state index in [-0.39, 0.29) is 0 Å². The van der Waals surface area contributed by atoms with Gasteiger partial charge in [0.2, 0.25) is 0 Å². The topological polar surface area (TPSA) is 69.6 Å². The number of likely N-dealkylation sites (tertiary alicyclic amines) is 1. The molecule has 0 aliphatic carbocycles. The average Bonchev–Trinajstić information content (AvgIpc) is 2.93. The molecule has 1 aromatic rings. The summed E-state index contributed by atoms with van der Waals surface area (Å²) in [6.45, 7) is 2.50. The zero-order valence-corrected chi connectivity index (χ0v) is 13.3. The molecule has 1 heterocycles. The minimum Gasteiger partial charge on any atom is -0.481 e. The second-order valence-electron chi connectivity index (χ2n) is 6.03. The molecular formula is C16H19F3N2O3. The van der Waals surface area contributed by atoms with Crippen molar-refractivity contribution < 1.29 is 27.9 Å². The minimum absolute atomic E-state index is 0.396. The van der Waals surface area contributed by atoms with Crippen LogP contribution in [0.1, 0.15) is 24.1 Å². The predicted molar refractivity (Wildman–Crippen MR) is 80.4 cm³/mol. The maximum Gasteiger partial charge on any atom is 0.394 e. The van der Waals surface area contributed by atoms with Gasteiger partial charge in [-0.3, -0.25) is 4.79 Å². The van der Waals surface area contributed by atoms with Crippen LogP contribution in [0.5, 0.6) is 0 Å². The Morgan fingerprint density at radius 2 is 1.92 bits per heavy atom. The lowest BCUT2D eigenvalue weighted by molar-refractivity contribution is -0.187. The normalized spacial score (nSPS) is 22.3. The summed E-state index contributed by atoms with van der Waals surface area (Å²) in [6.07, 6.45) is -4.65. The molecule has 1 unspecified atom stereocenters. The first kappa shape index (κ1) is 18.1. The number of urea groups is 1. The van der Waals surface area contributed by atoms with Gasteiger partial charge in [-0.05, 0) is 25.0 Å². The number of carboxylic acids is 1. The molecule has 8 heteroatoms. The molecule has 0 saturated carbocycles. The first-order chi connectivity index (χ1) is 11.1. The third-order valence-electron chi connectivity index (χ3n) is 4.34. The number of aliphatic carboxylic acids is 1. The summed E-state index contributed by atoms with van der Waals surface area (Å²) in [6, 6.07) is 6.26. The van der Waals surface area contributed by atoms with Gasteiger partial charge in [0.05, 0.1) is 17.9 Å². The number of amides is 2. The molecule has 0 spiro atoms. The number of aryl methyl sites for hydroxylation is 1. The summed E-state index contributed by atoms with van der Waals surface area (Å²) in [4.78, 5) is 24.2. The molecule has 2 rings (SSSR count). The van der Waals surface area contributed by atoms with E-state index in [1.165, 1.54) is 0 Å². The van der Waals surface area contributed by atoms with Crippen molar-refractivity contribution in [2.45, 2.75) is 26.1 Å². The van der Waals surface area contributed by atoms with Gasteiger partial charge in [0.1, 0.15) is 0 Å². The lowest BCUT2D eigenvalue weighted by Gasteiger charge is -2.22. The van der Waals surface area contributed by atoms with Gasteiger partial charge in [0, 0.05) is 13.1 Å². The third-order valence-corrected chi connectivity index (χ3v) is 4.34. The van der Waals surface area contributed by atoms with Crippen LogP contribution in [0.4, 0.5) is 18.0 Å². The largest absolute Gasteiger partial charge is 0.481 e. The van der Waals surface area contributed by atoms with E-state index in [1.807, 2.05) is 25.1 Å². The Morgan fingerprint density at radius 1 is 1.29 bits per heavy atom. The lowest BCUT2D eigenvalue weighted by atomic mass is 9.96. The summed E-state index contributed by atoms with van der Waals surface area (Å²) >= 11 is 0. The molecule has 132 valence electrons. The molecule has 24 heavy (non-hydrogen) atoms. The van der Waals surface area contributed by atoms with E-state index in [9.17, 15) is 22.8 Å². The number of hydrogen-bond acceptors (Lipinski definition) is 2. The van der Waals surface area contributed by atoms with Gasteiger partial charge in [-0.15, -0.1) is 0 Å². The number of carbonyl (C=O) groups is 2. The standard InChI is InChI=1S/C16H19F3N2O3/c1-9-5-3-4-6-11(9)10(2)20-15(24)21-7-12(14(22)23)13(8-21)16(17,18)19/h3-6,10,12-13H,7-8H2,1-2H3,(H,20,24)(H,22,23)/t10?,12-,13-/m1/s1. The Balaban J connectivity index is 2.08. The van der Waals surface area contributed by atoms with Crippen LogP contribution in [-0.2, 0) is 4.79 Å². The van der Waals surface area contributed by atoms with Crippen molar-refractivity contribution in [2.24, 2.45) is 11.8 Å². The number of alkyl halides is 3. The fraction of sp³-hybridized carbons (Fsp3) is 0.500. The first-order valence-corrected chi connectivity index (χ1v) is 7.51. The zero-order chi connectivity index (χ0) is 18.1. The molecular weight excluding hydrogens is 325 g/mol. The van der Waals surface area contributed by atoms with E-state index in [0.29, 0.717) is 0 Å². The highest BCUT2D eigenvalue weighted by Crippen LogP contribution is 2.37. The van der Waals surface area contributed by atoms with Crippen LogP contribution in [0.3, 0.4) is 0 Å². The molecule has 2 N–H and O–H groups in total. The van der Waals surface area contributed by atoms with Crippen LogP contribution in [0.2, 0.25) is 0 Å². The highest BCUT2D eigenvalue weighted by atomic mass is 19.4. The fourth-order valence-electron chi connectivity index (χ4n) is 2.98. The summed E-state index contributed by atoms with van der Waals surface area (Å²) in [5.41, 5.74) is 1.80. The van der Waals surface area contributed by atoms with Crippen LogP contribution in [0.25, 0.3) is 0 Å². The van der Waals surface area contributed by atoms with E-state index in [2.05, 4.69) is 5.32 Å². The molecule has 0 aromatic heterocycles. The molecule has 5 nitrogen and oxygen atoms in total. The van der Waals surface area contributed by atoms with Gasteiger partial charge in [-0.1, -0.05) is 24.3 Å². The second kappa shape index (κ2) is 6.70. The van der Waals surface area contributed by atoms with Gasteiger partial charge in [0.25, 0.3) is 0 Å². The number of carbonyl (C=O) groups excluding carboxylic acids is 1. The van der Waals surface area contributed by atoms with E-state index < -0.39 is 49.1 Å². The average molecular weight is 344 g/mol. The van der Waals surface area contributed by atoms with E-state index >= 15 is 0 Å². The molecule has 2 amide bonds. The third kappa shape index (κ3) is 3.80. The number of halogens is 3. The Hall–Kier alpha value is -2.25. The molecule has 1 aliphatic heterocycles. The molecule has 1 fully saturated rings. The summed E-state index contributed by atoms with van der Waals surface area (Å²) in [5, 5.41) is 11.6. The van der Waals surface area contributed by atoms with Crippen molar-refractivity contribution in [3.05, 3.63) is 35.4 Å². The predicted octanol–water partition coefficient (Wildman–Crippen LogP) is 2.96. The van der Waals surface area contributed by atoms with Crippen LogP contribution >= 0.6 is 0 Å². The van der Waals surface area contributed by atoms with Gasteiger partial charge < -0.3 is 15.3 Å². The van der Waals surface area contributed by atoms with Crippen molar-refractivity contribution in [3.63, 3.8) is 0 Å². The molecule has 0 radical (unpaired) electrons.